The fourth-order valence-electron chi connectivity index (χ4n) is 4.20. The van der Waals surface area contributed by atoms with Crippen molar-refractivity contribution in [1.82, 2.24) is 20.1 Å². The van der Waals surface area contributed by atoms with E-state index in [0.717, 1.165) is 44.0 Å². The Balaban J connectivity index is 1.79. The van der Waals surface area contributed by atoms with Gasteiger partial charge in [-0.05, 0) is 38.0 Å². The zero-order chi connectivity index (χ0) is 23.1. The summed E-state index contributed by atoms with van der Waals surface area (Å²) in [6.07, 6.45) is 8.68. The maximum Gasteiger partial charge on any atom is 0.273 e. The highest BCUT2D eigenvalue weighted by Gasteiger charge is 2.26. The number of amides is 1. The normalized spacial score (nSPS) is 18.4. The maximum atomic E-state index is 12.9. The third-order valence-corrected chi connectivity index (χ3v) is 6.63. The number of hydrogen-bond acceptors (Lipinski definition) is 5. The fourth-order valence-corrected chi connectivity index (χ4v) is 4.52. The van der Waals surface area contributed by atoms with Crippen LogP contribution >= 0.6 is 11.6 Å². The molecule has 176 valence electrons. The molecular weight excluding hydrogens is 426 g/mol. The average molecular weight is 462 g/mol. The third-order valence-electron chi connectivity index (χ3n) is 6.27. The SMILES string of the molecule is CCCCNc1cc(OC)c(-c2c(Cl)c(C(=O)NCC3CCC(C)CC3)nn2CC)cn1. The highest BCUT2D eigenvalue weighted by atomic mass is 35.5. The molecule has 1 aliphatic rings. The lowest BCUT2D eigenvalue weighted by Gasteiger charge is -2.26. The quantitative estimate of drug-likeness (QED) is 0.463. The van der Waals surface area contributed by atoms with E-state index in [9.17, 15) is 4.79 Å². The molecule has 0 bridgehead atoms. The number of ether oxygens (including phenoxy) is 1. The Kier molecular flexibility index (Phi) is 8.79. The minimum atomic E-state index is -0.230. The molecule has 0 saturated heterocycles. The number of unbranched alkanes of at least 4 members (excludes halogenated alkanes) is 1. The Morgan fingerprint density at radius 2 is 2.03 bits per heavy atom. The van der Waals surface area contributed by atoms with Gasteiger partial charge in [-0.1, -0.05) is 44.7 Å². The van der Waals surface area contributed by atoms with Crippen molar-refractivity contribution in [2.24, 2.45) is 11.8 Å². The van der Waals surface area contributed by atoms with Crippen molar-refractivity contribution in [3.05, 3.63) is 23.0 Å². The summed E-state index contributed by atoms with van der Waals surface area (Å²) < 4.78 is 7.37. The Morgan fingerprint density at radius 3 is 2.69 bits per heavy atom. The Morgan fingerprint density at radius 1 is 1.28 bits per heavy atom. The number of hydrogen-bond donors (Lipinski definition) is 2. The van der Waals surface area contributed by atoms with E-state index in [1.54, 1.807) is 18.0 Å². The molecule has 32 heavy (non-hydrogen) atoms. The van der Waals surface area contributed by atoms with Gasteiger partial charge in [0.05, 0.1) is 23.4 Å². The molecule has 7 nitrogen and oxygen atoms in total. The number of aromatic nitrogens is 3. The van der Waals surface area contributed by atoms with Crippen molar-refractivity contribution in [3.8, 4) is 17.0 Å². The molecule has 2 aromatic rings. The monoisotopic (exact) mass is 461 g/mol. The number of methoxy groups -OCH3 is 1. The van der Waals surface area contributed by atoms with Crippen LogP contribution < -0.4 is 15.4 Å². The molecule has 0 atom stereocenters. The number of carbonyl (C=O) groups excluding carboxylic acids is 1. The molecule has 0 aliphatic heterocycles. The number of nitrogens with zero attached hydrogens (tertiary/aromatic N) is 3. The smallest absolute Gasteiger partial charge is 0.273 e. The number of nitrogens with one attached hydrogen (secondary N) is 2. The molecule has 2 N–H and O–H groups in total. The van der Waals surface area contributed by atoms with Crippen LogP contribution in [-0.4, -0.2) is 40.9 Å². The van der Waals surface area contributed by atoms with E-state index in [2.05, 4.69) is 34.6 Å². The van der Waals surface area contributed by atoms with Gasteiger partial charge in [-0.2, -0.15) is 5.10 Å². The first-order valence-electron chi connectivity index (χ1n) is 11.8. The predicted molar refractivity (Wildman–Crippen MR) is 130 cm³/mol. The predicted octanol–water partition coefficient (Wildman–Crippen LogP) is 5.40. The lowest BCUT2D eigenvalue weighted by molar-refractivity contribution is 0.0936. The molecule has 2 aromatic heterocycles. The minimum absolute atomic E-state index is 0.230. The van der Waals surface area contributed by atoms with E-state index in [1.807, 2.05) is 13.0 Å². The van der Waals surface area contributed by atoms with Gasteiger partial charge in [-0.3, -0.25) is 9.48 Å². The summed E-state index contributed by atoms with van der Waals surface area (Å²) >= 11 is 6.71. The second kappa shape index (κ2) is 11.5. The van der Waals surface area contributed by atoms with Gasteiger partial charge in [-0.15, -0.1) is 0 Å². The van der Waals surface area contributed by atoms with E-state index >= 15 is 0 Å². The first-order valence-corrected chi connectivity index (χ1v) is 12.2. The van der Waals surface area contributed by atoms with E-state index in [-0.39, 0.29) is 11.6 Å². The minimum Gasteiger partial charge on any atom is -0.496 e. The maximum absolute atomic E-state index is 12.9. The van der Waals surface area contributed by atoms with Crippen LogP contribution in [0.2, 0.25) is 5.02 Å². The van der Waals surface area contributed by atoms with E-state index in [0.29, 0.717) is 41.0 Å². The molecule has 1 amide bonds. The van der Waals surface area contributed by atoms with Gasteiger partial charge in [0, 0.05) is 31.9 Å². The molecule has 0 radical (unpaired) electrons. The number of anilines is 1. The van der Waals surface area contributed by atoms with Crippen LogP contribution in [0.5, 0.6) is 5.75 Å². The van der Waals surface area contributed by atoms with Crippen LogP contribution in [0.1, 0.15) is 69.8 Å². The Hall–Kier alpha value is -2.28. The Labute approximate surface area is 196 Å². The zero-order valence-corrected chi connectivity index (χ0v) is 20.5. The molecule has 2 heterocycles. The van der Waals surface area contributed by atoms with Gasteiger partial charge >= 0.3 is 0 Å². The summed E-state index contributed by atoms with van der Waals surface area (Å²) in [5.74, 6) is 2.47. The summed E-state index contributed by atoms with van der Waals surface area (Å²) in [5, 5.41) is 11.2. The number of aryl methyl sites for hydroxylation is 1. The van der Waals surface area contributed by atoms with Gasteiger partial charge in [0.25, 0.3) is 5.91 Å². The summed E-state index contributed by atoms with van der Waals surface area (Å²) in [6, 6.07) is 1.86. The molecule has 1 aliphatic carbocycles. The number of pyridine rings is 1. The van der Waals surface area contributed by atoms with Crippen molar-refractivity contribution < 1.29 is 9.53 Å². The number of rotatable bonds is 10. The number of carbonyl (C=O) groups is 1. The molecule has 1 saturated carbocycles. The van der Waals surface area contributed by atoms with Gasteiger partial charge in [0.1, 0.15) is 11.6 Å². The van der Waals surface area contributed by atoms with E-state index in [1.165, 1.54) is 12.8 Å². The molecule has 0 unspecified atom stereocenters. The van der Waals surface area contributed by atoms with Crippen LogP contribution in [-0.2, 0) is 6.54 Å². The van der Waals surface area contributed by atoms with Gasteiger partial charge in [0.15, 0.2) is 5.69 Å². The lowest BCUT2D eigenvalue weighted by Crippen LogP contribution is -2.31. The van der Waals surface area contributed by atoms with Gasteiger partial charge < -0.3 is 15.4 Å². The second-order valence-corrected chi connectivity index (χ2v) is 9.09. The molecule has 8 heteroatoms. The van der Waals surface area contributed by atoms with Crippen molar-refractivity contribution in [3.63, 3.8) is 0 Å². The topological polar surface area (TPSA) is 81.1 Å². The first-order chi connectivity index (χ1) is 15.5. The molecule has 0 spiro atoms. The zero-order valence-electron chi connectivity index (χ0n) is 19.7. The molecule has 0 aromatic carbocycles. The van der Waals surface area contributed by atoms with Crippen molar-refractivity contribution >= 4 is 23.3 Å². The van der Waals surface area contributed by atoms with Crippen LogP contribution in [0.3, 0.4) is 0 Å². The molecular formula is C24H36ClN5O2. The average Bonchev–Trinajstić information content (AvgIpc) is 3.14. The summed E-state index contributed by atoms with van der Waals surface area (Å²) in [6.45, 7) is 8.50. The molecule has 1 fully saturated rings. The van der Waals surface area contributed by atoms with Gasteiger partial charge in [0.2, 0.25) is 0 Å². The summed E-state index contributed by atoms with van der Waals surface area (Å²) in [7, 11) is 1.62. The van der Waals surface area contributed by atoms with Gasteiger partial charge in [-0.25, -0.2) is 4.98 Å². The highest BCUT2D eigenvalue weighted by molar-refractivity contribution is 6.36. The van der Waals surface area contributed by atoms with Crippen molar-refractivity contribution in [2.75, 3.05) is 25.5 Å². The second-order valence-electron chi connectivity index (χ2n) is 8.71. The van der Waals surface area contributed by atoms with Crippen LogP contribution in [0.15, 0.2) is 12.3 Å². The first kappa shape index (κ1) is 24.4. The summed E-state index contributed by atoms with van der Waals surface area (Å²) in [4.78, 5) is 17.4. The Bertz CT molecular complexity index is 906. The van der Waals surface area contributed by atoms with Crippen molar-refractivity contribution in [1.29, 1.82) is 0 Å². The molecule has 3 rings (SSSR count). The van der Waals surface area contributed by atoms with Crippen LogP contribution in [0.25, 0.3) is 11.3 Å². The lowest BCUT2D eigenvalue weighted by atomic mass is 9.83. The van der Waals surface area contributed by atoms with E-state index in [4.69, 9.17) is 16.3 Å². The van der Waals surface area contributed by atoms with Crippen molar-refractivity contribution in [2.45, 2.75) is 65.8 Å². The highest BCUT2D eigenvalue weighted by Crippen LogP contribution is 2.37. The largest absolute Gasteiger partial charge is 0.496 e. The fraction of sp³-hybridized carbons (Fsp3) is 0.625. The standard InChI is InChI=1S/C24H36ClN5O2/c1-5-7-12-26-20-13-19(32-4)18(15-27-20)23-21(25)22(29-30(23)6-2)24(31)28-14-17-10-8-16(3)9-11-17/h13,15-17H,5-12,14H2,1-4H3,(H,26,27)(H,28,31). The summed E-state index contributed by atoms with van der Waals surface area (Å²) in [5.41, 5.74) is 1.61. The van der Waals surface area contributed by atoms with E-state index < -0.39 is 0 Å². The van der Waals surface area contributed by atoms with Crippen LogP contribution in [0, 0.1) is 11.8 Å². The third kappa shape index (κ3) is 5.74. The van der Waals surface area contributed by atoms with Crippen LogP contribution in [0.4, 0.5) is 5.82 Å². The number of halogens is 1.